The molecule has 5 rings (SSSR count). The maximum Gasteiger partial charge on any atom is 0.336 e. The summed E-state index contributed by atoms with van der Waals surface area (Å²) in [4.78, 5) is 24.7. The number of β-amino-alcohol motifs (C(OH)–C–C–N with tert-alkyl or cyclic N) is 1. The summed E-state index contributed by atoms with van der Waals surface area (Å²) < 4.78 is 5.29. The van der Waals surface area contributed by atoms with Crippen LogP contribution in [0.2, 0.25) is 0 Å². The predicted molar refractivity (Wildman–Crippen MR) is 125 cm³/mol. The zero-order valence-corrected chi connectivity index (χ0v) is 18.7. The molecular weight excluding hydrogens is 428 g/mol. The van der Waals surface area contributed by atoms with Crippen LogP contribution < -0.4 is 16.3 Å². The summed E-state index contributed by atoms with van der Waals surface area (Å²) in [5.74, 6) is 0.248. The van der Waals surface area contributed by atoms with Crippen molar-refractivity contribution in [2.75, 3.05) is 19.6 Å². The van der Waals surface area contributed by atoms with Gasteiger partial charge in [-0.2, -0.15) is 0 Å². The lowest BCUT2D eigenvalue weighted by molar-refractivity contribution is -0.120. The second-order valence-corrected chi connectivity index (χ2v) is 8.83. The number of aliphatic hydroxyl groups is 1. The Hall–Kier alpha value is -2.67. The molecule has 7 heteroatoms. The molecule has 1 aromatic heterocycles. The van der Waals surface area contributed by atoms with Crippen LogP contribution >= 0.6 is 12.4 Å². The van der Waals surface area contributed by atoms with Gasteiger partial charge in [-0.05, 0) is 41.5 Å². The van der Waals surface area contributed by atoms with Gasteiger partial charge in [0.1, 0.15) is 5.58 Å². The Morgan fingerprint density at radius 2 is 2.00 bits per heavy atom. The SMILES string of the molecule is Cc1ccc2c(CC(=O)NC[C@H]3[C@H](c4ccccc4)[C@@]34CNC[C@H]4O)cc(=O)oc2c1.Cl. The Morgan fingerprint density at radius 3 is 2.72 bits per heavy atom. The zero-order valence-electron chi connectivity index (χ0n) is 17.8. The molecule has 4 atom stereocenters. The van der Waals surface area contributed by atoms with Gasteiger partial charge in [-0.1, -0.05) is 42.5 Å². The quantitative estimate of drug-likeness (QED) is 0.515. The van der Waals surface area contributed by atoms with Gasteiger partial charge in [0, 0.05) is 36.5 Å². The van der Waals surface area contributed by atoms with E-state index in [1.54, 1.807) is 0 Å². The highest BCUT2D eigenvalue weighted by Gasteiger charge is 2.69. The van der Waals surface area contributed by atoms with Gasteiger partial charge in [0.2, 0.25) is 5.91 Å². The first-order valence-corrected chi connectivity index (χ1v) is 10.7. The Labute approximate surface area is 192 Å². The van der Waals surface area contributed by atoms with Crippen molar-refractivity contribution < 1.29 is 14.3 Å². The number of carbonyl (C=O) groups is 1. The summed E-state index contributed by atoms with van der Waals surface area (Å²) in [7, 11) is 0. The first-order valence-electron chi connectivity index (χ1n) is 10.7. The number of amides is 1. The molecule has 168 valence electrons. The molecule has 1 saturated heterocycles. The van der Waals surface area contributed by atoms with Gasteiger partial charge < -0.3 is 20.2 Å². The highest BCUT2D eigenvalue weighted by Crippen LogP contribution is 2.67. The van der Waals surface area contributed by atoms with E-state index in [0.717, 1.165) is 17.5 Å². The van der Waals surface area contributed by atoms with Crippen LogP contribution in [0.4, 0.5) is 0 Å². The van der Waals surface area contributed by atoms with E-state index >= 15 is 0 Å². The van der Waals surface area contributed by atoms with Gasteiger partial charge in [0.05, 0.1) is 12.5 Å². The molecule has 3 aromatic rings. The largest absolute Gasteiger partial charge is 0.423 e. The fourth-order valence-corrected chi connectivity index (χ4v) is 5.42. The van der Waals surface area contributed by atoms with Gasteiger partial charge in [-0.15, -0.1) is 12.4 Å². The molecule has 1 spiro atoms. The second-order valence-electron chi connectivity index (χ2n) is 8.83. The maximum atomic E-state index is 12.8. The highest BCUT2D eigenvalue weighted by atomic mass is 35.5. The molecule has 32 heavy (non-hydrogen) atoms. The van der Waals surface area contributed by atoms with Crippen LogP contribution in [0.15, 0.2) is 63.8 Å². The molecule has 2 aromatic carbocycles. The van der Waals surface area contributed by atoms with Crippen molar-refractivity contribution in [3.8, 4) is 0 Å². The van der Waals surface area contributed by atoms with Crippen LogP contribution in [-0.2, 0) is 11.2 Å². The fraction of sp³-hybridized carbons (Fsp3) is 0.360. The van der Waals surface area contributed by atoms with E-state index in [1.165, 1.54) is 11.6 Å². The van der Waals surface area contributed by atoms with Gasteiger partial charge in [-0.3, -0.25) is 4.79 Å². The van der Waals surface area contributed by atoms with E-state index < -0.39 is 11.7 Å². The smallest absolute Gasteiger partial charge is 0.336 e. The number of carbonyl (C=O) groups excluding carboxylic acids is 1. The van der Waals surface area contributed by atoms with E-state index in [2.05, 4.69) is 22.8 Å². The molecule has 0 unspecified atom stereocenters. The number of aryl methyl sites for hydroxylation is 1. The summed E-state index contributed by atoms with van der Waals surface area (Å²) in [5.41, 5.74) is 2.68. The predicted octanol–water partition coefficient (Wildman–Crippen LogP) is 2.55. The minimum absolute atomic E-state index is 0. The molecule has 2 aliphatic rings. The van der Waals surface area contributed by atoms with E-state index in [1.807, 2.05) is 43.3 Å². The van der Waals surface area contributed by atoms with Crippen LogP contribution in [0.3, 0.4) is 0 Å². The van der Waals surface area contributed by atoms with E-state index in [0.29, 0.717) is 24.2 Å². The third-order valence-corrected chi connectivity index (χ3v) is 6.97. The van der Waals surface area contributed by atoms with Gasteiger partial charge in [0.25, 0.3) is 0 Å². The Balaban J connectivity index is 0.00000245. The summed E-state index contributed by atoms with van der Waals surface area (Å²) >= 11 is 0. The highest BCUT2D eigenvalue weighted by molar-refractivity contribution is 5.87. The standard InChI is InChI=1S/C25H26N2O4.ClH/c1-15-7-8-18-17(11-23(30)31-20(18)9-15)10-22(29)27-12-19-24(16-5-3-2-4-6-16)25(19)14-26-13-21(25)28;/h2-9,11,19,21,24,26,28H,10,12-14H2,1H3,(H,27,29);1H/t19-,21+,24-,25-;/m0./s1. The van der Waals surface area contributed by atoms with Gasteiger partial charge in [-0.25, -0.2) is 4.79 Å². The Kier molecular flexibility index (Phi) is 6.12. The molecule has 1 aliphatic heterocycles. The average Bonchev–Trinajstić information content (AvgIpc) is 3.24. The molecule has 2 heterocycles. The average molecular weight is 455 g/mol. The molecule has 6 nitrogen and oxygen atoms in total. The van der Waals surface area contributed by atoms with Crippen LogP contribution in [0.5, 0.6) is 0 Å². The van der Waals surface area contributed by atoms with E-state index in [4.69, 9.17) is 4.42 Å². The number of hydrogen-bond donors (Lipinski definition) is 3. The van der Waals surface area contributed by atoms with Crippen molar-refractivity contribution in [2.45, 2.75) is 25.4 Å². The number of hydrogen-bond acceptors (Lipinski definition) is 5. The number of nitrogens with one attached hydrogen (secondary N) is 2. The molecule has 1 aliphatic carbocycles. The molecule has 2 fully saturated rings. The van der Waals surface area contributed by atoms with Crippen molar-refractivity contribution in [3.63, 3.8) is 0 Å². The summed E-state index contributed by atoms with van der Waals surface area (Å²) in [6.07, 6.45) is -0.313. The lowest BCUT2D eigenvalue weighted by Gasteiger charge is -2.15. The van der Waals surface area contributed by atoms with Crippen molar-refractivity contribution >= 4 is 29.3 Å². The molecule has 3 N–H and O–H groups in total. The number of benzene rings is 2. The van der Waals surface area contributed by atoms with Crippen molar-refractivity contribution in [1.29, 1.82) is 0 Å². The maximum absolute atomic E-state index is 12.8. The minimum atomic E-state index is -0.452. The minimum Gasteiger partial charge on any atom is -0.423 e. The number of halogens is 1. The van der Waals surface area contributed by atoms with Crippen LogP contribution in [0, 0.1) is 18.3 Å². The third-order valence-electron chi connectivity index (χ3n) is 6.97. The number of rotatable bonds is 5. The van der Waals surface area contributed by atoms with E-state index in [-0.39, 0.29) is 42.0 Å². The monoisotopic (exact) mass is 454 g/mol. The number of aliphatic hydroxyl groups excluding tert-OH is 1. The van der Waals surface area contributed by atoms with Crippen LogP contribution in [0.25, 0.3) is 11.0 Å². The summed E-state index contributed by atoms with van der Waals surface area (Å²) in [6.45, 7) is 3.76. The zero-order chi connectivity index (χ0) is 21.6. The van der Waals surface area contributed by atoms with Crippen LogP contribution in [0.1, 0.15) is 22.6 Å². The molecular formula is C25H27ClN2O4. The van der Waals surface area contributed by atoms with Crippen molar-refractivity contribution in [2.24, 2.45) is 11.3 Å². The van der Waals surface area contributed by atoms with Crippen molar-refractivity contribution in [1.82, 2.24) is 10.6 Å². The normalized spacial score (nSPS) is 26.1. The molecule has 0 radical (unpaired) electrons. The van der Waals surface area contributed by atoms with Gasteiger partial charge in [0.15, 0.2) is 0 Å². The lowest BCUT2D eigenvalue weighted by Crippen LogP contribution is -2.31. The second kappa shape index (κ2) is 8.70. The van der Waals surface area contributed by atoms with Gasteiger partial charge >= 0.3 is 5.63 Å². The Morgan fingerprint density at radius 1 is 1.22 bits per heavy atom. The lowest BCUT2D eigenvalue weighted by atomic mass is 9.95. The van der Waals surface area contributed by atoms with Crippen molar-refractivity contribution in [3.05, 3.63) is 81.7 Å². The first-order chi connectivity index (χ1) is 15.0. The Bertz CT molecular complexity index is 1200. The molecule has 1 saturated carbocycles. The first kappa shape index (κ1) is 22.5. The summed E-state index contributed by atoms with van der Waals surface area (Å²) in [6, 6.07) is 17.2. The molecule has 0 bridgehead atoms. The third kappa shape index (κ3) is 3.83. The summed E-state index contributed by atoms with van der Waals surface area (Å²) in [5, 5.41) is 17.8. The molecule has 1 amide bonds. The van der Waals surface area contributed by atoms with E-state index in [9.17, 15) is 14.7 Å². The number of fused-ring (bicyclic) bond motifs is 1. The topological polar surface area (TPSA) is 91.6 Å². The fourth-order valence-electron chi connectivity index (χ4n) is 5.42. The van der Waals surface area contributed by atoms with Crippen LogP contribution in [-0.4, -0.2) is 36.8 Å².